The summed E-state index contributed by atoms with van der Waals surface area (Å²) in [5.74, 6) is 0.704. The van der Waals surface area contributed by atoms with Crippen LogP contribution in [0.2, 0.25) is 0 Å². The molecule has 1 aliphatic rings. The van der Waals surface area contributed by atoms with Gasteiger partial charge >= 0.3 is 0 Å². The lowest BCUT2D eigenvalue weighted by Gasteiger charge is -2.13. The third-order valence-corrected chi connectivity index (χ3v) is 5.52. The predicted octanol–water partition coefficient (Wildman–Crippen LogP) is 4.89. The van der Waals surface area contributed by atoms with Gasteiger partial charge in [0.1, 0.15) is 5.75 Å². The van der Waals surface area contributed by atoms with E-state index in [2.05, 4.69) is 0 Å². The number of para-hydroxylation sites is 1. The Morgan fingerprint density at radius 1 is 0.963 bits per heavy atom. The normalized spacial score (nSPS) is 15.6. The smallest absolute Gasteiger partial charge is 0.270 e. The minimum Gasteiger partial charge on any atom is -0.497 e. The Morgan fingerprint density at radius 2 is 1.70 bits per heavy atom. The van der Waals surface area contributed by atoms with E-state index in [1.807, 2.05) is 83.6 Å². The van der Waals surface area contributed by atoms with E-state index in [0.717, 1.165) is 22.8 Å². The standard InChI is InChI=1S/C21H16N2O2S2/c1-25-18-11-9-15(10-12-18)22-13-5-8-17(22)14-19-20(24)23(21(26)27-19)16-6-3-2-4-7-16/h2-14H,1H3/b19-14+. The first-order valence-electron chi connectivity index (χ1n) is 8.32. The first-order valence-corrected chi connectivity index (χ1v) is 9.54. The molecule has 1 aromatic heterocycles. The molecule has 1 aliphatic heterocycles. The predicted molar refractivity (Wildman–Crippen MR) is 114 cm³/mol. The molecule has 0 spiro atoms. The number of hydrogen-bond acceptors (Lipinski definition) is 4. The van der Waals surface area contributed by atoms with Crippen molar-refractivity contribution in [2.45, 2.75) is 0 Å². The zero-order valence-electron chi connectivity index (χ0n) is 14.5. The number of carbonyl (C=O) groups excluding carboxylic acids is 1. The van der Waals surface area contributed by atoms with Gasteiger partial charge in [-0.3, -0.25) is 9.69 Å². The molecular weight excluding hydrogens is 376 g/mol. The van der Waals surface area contributed by atoms with Crippen molar-refractivity contribution in [3.63, 3.8) is 0 Å². The van der Waals surface area contributed by atoms with E-state index in [-0.39, 0.29) is 5.91 Å². The lowest BCUT2D eigenvalue weighted by atomic mass is 10.2. The van der Waals surface area contributed by atoms with Crippen molar-refractivity contribution in [1.82, 2.24) is 4.57 Å². The second kappa shape index (κ2) is 7.42. The van der Waals surface area contributed by atoms with Crippen LogP contribution in [0.3, 0.4) is 0 Å². The Hall–Kier alpha value is -2.83. The number of thiocarbonyl (C=S) groups is 1. The van der Waals surface area contributed by atoms with Gasteiger partial charge in [0, 0.05) is 17.6 Å². The van der Waals surface area contributed by atoms with E-state index < -0.39 is 0 Å². The molecule has 0 bridgehead atoms. The number of ether oxygens (including phenoxy) is 1. The maximum atomic E-state index is 12.9. The highest BCUT2D eigenvalue weighted by Crippen LogP contribution is 2.36. The average molecular weight is 393 g/mol. The fraction of sp³-hybridized carbons (Fsp3) is 0.0476. The van der Waals surface area contributed by atoms with Gasteiger partial charge in [-0.1, -0.05) is 42.2 Å². The number of hydrogen-bond donors (Lipinski definition) is 0. The van der Waals surface area contributed by atoms with E-state index in [4.69, 9.17) is 17.0 Å². The van der Waals surface area contributed by atoms with Crippen LogP contribution in [-0.2, 0) is 4.79 Å². The van der Waals surface area contributed by atoms with Crippen LogP contribution in [0.4, 0.5) is 5.69 Å². The van der Waals surface area contributed by atoms with Crippen molar-refractivity contribution in [2.75, 3.05) is 12.0 Å². The van der Waals surface area contributed by atoms with E-state index in [1.54, 1.807) is 12.0 Å². The minimum absolute atomic E-state index is 0.0984. The maximum absolute atomic E-state index is 12.9. The Labute approximate surface area is 167 Å². The van der Waals surface area contributed by atoms with Gasteiger partial charge in [-0.25, -0.2) is 0 Å². The molecule has 0 atom stereocenters. The number of benzene rings is 2. The highest BCUT2D eigenvalue weighted by molar-refractivity contribution is 8.27. The fourth-order valence-electron chi connectivity index (χ4n) is 2.89. The van der Waals surface area contributed by atoms with E-state index >= 15 is 0 Å². The highest BCUT2D eigenvalue weighted by atomic mass is 32.2. The first kappa shape index (κ1) is 17.6. The Kier molecular flexibility index (Phi) is 4.83. The maximum Gasteiger partial charge on any atom is 0.270 e. The lowest BCUT2D eigenvalue weighted by Crippen LogP contribution is -2.27. The summed E-state index contributed by atoms with van der Waals surface area (Å²) in [4.78, 5) is 15.1. The van der Waals surface area contributed by atoms with Crippen LogP contribution in [0.15, 0.2) is 77.8 Å². The van der Waals surface area contributed by atoms with Crippen LogP contribution >= 0.6 is 24.0 Å². The number of aromatic nitrogens is 1. The van der Waals surface area contributed by atoms with Gasteiger partial charge in [-0.15, -0.1) is 0 Å². The number of anilines is 1. The van der Waals surface area contributed by atoms with Crippen molar-refractivity contribution in [3.05, 3.63) is 83.5 Å². The Balaban J connectivity index is 1.66. The van der Waals surface area contributed by atoms with Gasteiger partial charge in [0.15, 0.2) is 4.32 Å². The third kappa shape index (κ3) is 3.41. The molecule has 1 fully saturated rings. The minimum atomic E-state index is -0.0984. The monoisotopic (exact) mass is 392 g/mol. The van der Waals surface area contributed by atoms with Crippen molar-refractivity contribution in [1.29, 1.82) is 0 Å². The van der Waals surface area contributed by atoms with Gasteiger partial charge in [-0.2, -0.15) is 0 Å². The van der Waals surface area contributed by atoms with Crippen LogP contribution in [0.5, 0.6) is 5.75 Å². The molecule has 134 valence electrons. The van der Waals surface area contributed by atoms with E-state index in [0.29, 0.717) is 9.23 Å². The largest absolute Gasteiger partial charge is 0.497 e. The summed E-state index contributed by atoms with van der Waals surface area (Å²) in [5.41, 5.74) is 2.69. The van der Waals surface area contributed by atoms with Crippen molar-refractivity contribution < 1.29 is 9.53 Å². The Bertz CT molecular complexity index is 1020. The average Bonchev–Trinajstić information content (AvgIpc) is 3.27. The molecule has 2 aromatic carbocycles. The topological polar surface area (TPSA) is 34.5 Å². The number of thioether (sulfide) groups is 1. The van der Waals surface area contributed by atoms with Crippen LogP contribution in [-0.4, -0.2) is 21.9 Å². The molecule has 0 aliphatic carbocycles. The molecule has 1 saturated heterocycles. The number of nitrogens with zero attached hydrogens (tertiary/aromatic N) is 2. The SMILES string of the molecule is COc1ccc(-n2cccc2/C=C2/SC(=S)N(c3ccccc3)C2=O)cc1. The molecule has 0 saturated carbocycles. The number of carbonyl (C=O) groups is 1. The first-order chi connectivity index (χ1) is 13.2. The van der Waals surface area contributed by atoms with Crippen molar-refractivity contribution >= 4 is 46.0 Å². The summed E-state index contributed by atoms with van der Waals surface area (Å²) < 4.78 is 7.78. The molecule has 27 heavy (non-hydrogen) atoms. The summed E-state index contributed by atoms with van der Waals surface area (Å²) in [6, 6.07) is 21.2. The van der Waals surface area contributed by atoms with Crippen LogP contribution in [0.25, 0.3) is 11.8 Å². The second-order valence-corrected chi connectivity index (χ2v) is 7.53. The quantitative estimate of drug-likeness (QED) is 0.468. The van der Waals surface area contributed by atoms with Crippen LogP contribution in [0.1, 0.15) is 5.69 Å². The molecule has 0 N–H and O–H groups in total. The molecule has 1 amide bonds. The summed E-state index contributed by atoms with van der Waals surface area (Å²) in [6.45, 7) is 0. The van der Waals surface area contributed by atoms with Gasteiger partial charge in [0.05, 0.1) is 17.7 Å². The summed E-state index contributed by atoms with van der Waals surface area (Å²) in [5, 5.41) is 0. The zero-order chi connectivity index (χ0) is 18.8. The molecule has 0 radical (unpaired) electrons. The molecule has 4 nitrogen and oxygen atoms in total. The molecule has 4 rings (SSSR count). The summed E-state index contributed by atoms with van der Waals surface area (Å²) >= 11 is 6.75. The second-order valence-electron chi connectivity index (χ2n) is 5.85. The van der Waals surface area contributed by atoms with Crippen LogP contribution in [0, 0.1) is 0 Å². The molecule has 2 heterocycles. The van der Waals surface area contributed by atoms with Crippen LogP contribution < -0.4 is 9.64 Å². The molecule has 3 aromatic rings. The summed E-state index contributed by atoms with van der Waals surface area (Å²) in [7, 11) is 1.64. The van der Waals surface area contributed by atoms with Gasteiger partial charge in [-0.05, 0) is 54.6 Å². The van der Waals surface area contributed by atoms with E-state index in [9.17, 15) is 4.79 Å². The van der Waals surface area contributed by atoms with Crippen molar-refractivity contribution in [3.8, 4) is 11.4 Å². The van der Waals surface area contributed by atoms with E-state index in [1.165, 1.54) is 11.8 Å². The molecule has 6 heteroatoms. The third-order valence-electron chi connectivity index (χ3n) is 4.22. The highest BCUT2D eigenvalue weighted by Gasteiger charge is 2.33. The number of amides is 1. The van der Waals surface area contributed by atoms with Gasteiger partial charge in [0.25, 0.3) is 5.91 Å². The fourth-order valence-corrected chi connectivity index (χ4v) is 4.18. The van der Waals surface area contributed by atoms with Gasteiger partial charge < -0.3 is 9.30 Å². The number of rotatable bonds is 4. The van der Waals surface area contributed by atoms with Crippen molar-refractivity contribution in [2.24, 2.45) is 0 Å². The molecular formula is C21H16N2O2S2. The van der Waals surface area contributed by atoms with Gasteiger partial charge in [0.2, 0.25) is 0 Å². The Morgan fingerprint density at radius 3 is 2.41 bits per heavy atom. The summed E-state index contributed by atoms with van der Waals surface area (Å²) in [6.07, 6.45) is 3.85. The molecule has 0 unspecified atom stereocenters. The lowest BCUT2D eigenvalue weighted by molar-refractivity contribution is -0.113. The zero-order valence-corrected chi connectivity index (χ0v) is 16.2. The number of methoxy groups -OCH3 is 1.